The average Bonchev–Trinajstić information content (AvgIpc) is 2.14. The third-order valence-electron chi connectivity index (χ3n) is 0.717. The van der Waals surface area contributed by atoms with Crippen LogP contribution < -0.4 is 5.73 Å². The van der Waals surface area contributed by atoms with Gasteiger partial charge in [0.25, 0.3) is 0 Å². The lowest BCUT2D eigenvalue weighted by molar-refractivity contribution is 1.25. The van der Waals surface area contributed by atoms with Gasteiger partial charge in [0.2, 0.25) is 0 Å². The summed E-state index contributed by atoms with van der Waals surface area (Å²) in [4.78, 5) is 3.92. The van der Waals surface area contributed by atoms with Crippen molar-refractivity contribution in [3.05, 3.63) is 11.1 Å². The first-order valence-corrected chi connectivity index (χ1v) is 3.56. The van der Waals surface area contributed by atoms with E-state index in [1.54, 1.807) is 0 Å². The molecule has 1 rings (SSSR count). The standard InChI is InChI=1S/C4H5N2S2/c5-4-6-3(1-7)2-8-4/h2H,1H2,(H2,5,6). The van der Waals surface area contributed by atoms with Crippen molar-refractivity contribution in [2.45, 2.75) is 5.75 Å². The van der Waals surface area contributed by atoms with E-state index in [9.17, 15) is 0 Å². The Bertz CT molecular complexity index is 172. The number of hydrogen-bond acceptors (Lipinski definition) is 3. The molecule has 0 unspecified atom stereocenters. The van der Waals surface area contributed by atoms with E-state index in [4.69, 9.17) is 18.4 Å². The van der Waals surface area contributed by atoms with E-state index in [1.165, 1.54) is 11.3 Å². The Morgan fingerprint density at radius 2 is 2.62 bits per heavy atom. The molecule has 1 aromatic heterocycles. The summed E-state index contributed by atoms with van der Waals surface area (Å²) in [5.41, 5.74) is 6.22. The summed E-state index contributed by atoms with van der Waals surface area (Å²) in [6.45, 7) is 0. The molecule has 8 heavy (non-hydrogen) atoms. The van der Waals surface area contributed by atoms with Gasteiger partial charge in [0.1, 0.15) is 0 Å². The van der Waals surface area contributed by atoms with Gasteiger partial charge in [-0.15, -0.1) is 11.3 Å². The molecule has 2 nitrogen and oxygen atoms in total. The second-order valence-electron chi connectivity index (χ2n) is 1.32. The number of aromatic nitrogens is 1. The van der Waals surface area contributed by atoms with Crippen molar-refractivity contribution in [3.63, 3.8) is 0 Å². The van der Waals surface area contributed by atoms with Crippen molar-refractivity contribution in [1.82, 2.24) is 4.98 Å². The van der Waals surface area contributed by atoms with Crippen molar-refractivity contribution in [2.24, 2.45) is 0 Å². The van der Waals surface area contributed by atoms with Crippen molar-refractivity contribution in [3.8, 4) is 0 Å². The number of nitrogen functional groups attached to an aromatic ring is 1. The SMILES string of the molecule is Nc1nc(C[S])cs1. The minimum absolute atomic E-state index is 0.563. The molecule has 0 saturated carbocycles. The van der Waals surface area contributed by atoms with E-state index in [2.05, 4.69) is 4.98 Å². The molecule has 43 valence electrons. The smallest absolute Gasteiger partial charge is 0.180 e. The molecule has 0 atom stereocenters. The molecule has 0 bridgehead atoms. The molecule has 0 amide bonds. The highest BCUT2D eigenvalue weighted by Gasteiger charge is 1.92. The van der Waals surface area contributed by atoms with E-state index >= 15 is 0 Å². The Labute approximate surface area is 57.2 Å². The second-order valence-corrected chi connectivity index (χ2v) is 2.50. The Hall–Kier alpha value is -0.220. The summed E-state index contributed by atoms with van der Waals surface area (Å²) < 4.78 is 0. The Kier molecular flexibility index (Phi) is 1.75. The monoisotopic (exact) mass is 145 g/mol. The van der Waals surface area contributed by atoms with Crippen LogP contribution >= 0.6 is 24.0 Å². The third-order valence-corrected chi connectivity index (χ3v) is 1.74. The van der Waals surface area contributed by atoms with Crippen LogP contribution in [0.4, 0.5) is 5.13 Å². The lowest BCUT2D eigenvalue weighted by Crippen LogP contribution is -1.82. The van der Waals surface area contributed by atoms with Crippen LogP contribution in [0.3, 0.4) is 0 Å². The highest BCUT2D eigenvalue weighted by molar-refractivity contribution is 7.79. The largest absolute Gasteiger partial charge is 0.375 e. The molecular formula is C4H5N2S2. The Morgan fingerprint density at radius 1 is 1.88 bits per heavy atom. The number of rotatable bonds is 1. The predicted octanol–water partition coefficient (Wildman–Crippen LogP) is 1.42. The lowest BCUT2D eigenvalue weighted by Gasteiger charge is -1.78. The highest BCUT2D eigenvalue weighted by atomic mass is 32.1. The first-order chi connectivity index (χ1) is 3.83. The average molecular weight is 145 g/mol. The molecule has 4 heteroatoms. The summed E-state index contributed by atoms with van der Waals surface area (Å²) in [6, 6.07) is 0. The Balaban J connectivity index is 2.84. The van der Waals surface area contributed by atoms with Gasteiger partial charge in [-0.25, -0.2) is 4.98 Å². The van der Waals surface area contributed by atoms with Crippen molar-refractivity contribution in [1.29, 1.82) is 0 Å². The van der Waals surface area contributed by atoms with Crippen LogP contribution in [0.5, 0.6) is 0 Å². The first kappa shape index (κ1) is 5.91. The van der Waals surface area contributed by atoms with Gasteiger partial charge in [-0.2, -0.15) is 0 Å². The second kappa shape index (κ2) is 2.37. The van der Waals surface area contributed by atoms with Crippen molar-refractivity contribution >= 4 is 29.1 Å². The number of hydrogen-bond donors (Lipinski definition) is 1. The third kappa shape index (κ3) is 1.14. The van der Waals surface area contributed by atoms with Crippen LogP contribution in [0.15, 0.2) is 5.38 Å². The first-order valence-electron chi connectivity index (χ1n) is 2.11. The maximum atomic E-state index is 5.32. The summed E-state index contributed by atoms with van der Waals surface area (Å²) in [5, 5.41) is 2.48. The fraction of sp³-hybridized carbons (Fsp3) is 0.250. The summed E-state index contributed by atoms with van der Waals surface area (Å²) in [6.07, 6.45) is 0. The zero-order valence-electron chi connectivity index (χ0n) is 4.13. The van der Waals surface area contributed by atoms with Crippen molar-refractivity contribution < 1.29 is 0 Å². The van der Waals surface area contributed by atoms with Gasteiger partial charge in [0.05, 0.1) is 5.69 Å². The molecule has 1 radical (unpaired) electrons. The molecule has 2 N–H and O–H groups in total. The molecule has 0 spiro atoms. The summed E-state index contributed by atoms with van der Waals surface area (Å²) in [7, 11) is 0. The Morgan fingerprint density at radius 3 is 2.88 bits per heavy atom. The minimum Gasteiger partial charge on any atom is -0.375 e. The highest BCUT2D eigenvalue weighted by Crippen LogP contribution is 2.11. The van der Waals surface area contributed by atoms with E-state index in [0.29, 0.717) is 10.9 Å². The van der Waals surface area contributed by atoms with Gasteiger partial charge in [-0.05, 0) is 0 Å². The molecule has 0 aromatic carbocycles. The minimum atomic E-state index is 0.563. The quantitative estimate of drug-likeness (QED) is 0.649. The van der Waals surface area contributed by atoms with Crippen LogP contribution in [0.2, 0.25) is 0 Å². The lowest BCUT2D eigenvalue weighted by atomic mass is 10.6. The van der Waals surface area contributed by atoms with Crippen molar-refractivity contribution in [2.75, 3.05) is 5.73 Å². The topological polar surface area (TPSA) is 38.9 Å². The molecule has 1 heterocycles. The maximum absolute atomic E-state index is 5.32. The molecule has 0 aliphatic heterocycles. The normalized spacial score (nSPS) is 9.62. The van der Waals surface area contributed by atoms with Gasteiger partial charge in [-0.1, -0.05) is 12.6 Å². The van der Waals surface area contributed by atoms with E-state index in [1.807, 2.05) is 5.38 Å². The van der Waals surface area contributed by atoms with Crippen LogP contribution in [0.25, 0.3) is 0 Å². The maximum Gasteiger partial charge on any atom is 0.180 e. The van der Waals surface area contributed by atoms with E-state index < -0.39 is 0 Å². The molecule has 1 aromatic rings. The predicted molar refractivity (Wildman–Crippen MR) is 37.8 cm³/mol. The van der Waals surface area contributed by atoms with E-state index in [-0.39, 0.29) is 0 Å². The zero-order chi connectivity index (χ0) is 5.98. The van der Waals surface area contributed by atoms with Gasteiger partial charge < -0.3 is 5.73 Å². The zero-order valence-corrected chi connectivity index (χ0v) is 5.76. The molecule has 0 saturated heterocycles. The molecular weight excluding hydrogens is 140 g/mol. The van der Waals surface area contributed by atoms with Crippen LogP contribution in [0.1, 0.15) is 5.69 Å². The van der Waals surface area contributed by atoms with Crippen LogP contribution in [0, 0.1) is 0 Å². The molecule has 0 fully saturated rings. The van der Waals surface area contributed by atoms with Crippen LogP contribution in [-0.2, 0) is 5.75 Å². The van der Waals surface area contributed by atoms with Gasteiger partial charge in [0.15, 0.2) is 5.13 Å². The number of thiazole rings is 1. The fourth-order valence-corrected chi connectivity index (χ4v) is 1.21. The summed E-state index contributed by atoms with van der Waals surface area (Å²) in [5.74, 6) is 0.563. The van der Waals surface area contributed by atoms with E-state index in [0.717, 1.165) is 5.69 Å². The van der Waals surface area contributed by atoms with Crippen LogP contribution in [-0.4, -0.2) is 4.98 Å². The molecule has 0 aliphatic rings. The number of anilines is 1. The van der Waals surface area contributed by atoms with Gasteiger partial charge in [-0.3, -0.25) is 0 Å². The fourth-order valence-electron chi connectivity index (χ4n) is 0.389. The van der Waals surface area contributed by atoms with Gasteiger partial charge in [0, 0.05) is 11.1 Å². The summed E-state index contributed by atoms with van der Waals surface area (Å²) >= 11 is 6.15. The molecule has 0 aliphatic carbocycles. The number of nitrogens with zero attached hydrogens (tertiary/aromatic N) is 1. The van der Waals surface area contributed by atoms with Gasteiger partial charge >= 0.3 is 0 Å². The number of nitrogens with two attached hydrogens (primary N) is 1.